The van der Waals surface area contributed by atoms with E-state index in [9.17, 15) is 0 Å². The van der Waals surface area contributed by atoms with Gasteiger partial charge in [-0.25, -0.2) is 0 Å². The van der Waals surface area contributed by atoms with Crippen molar-refractivity contribution in [3.63, 3.8) is 0 Å². The van der Waals surface area contributed by atoms with Crippen LogP contribution in [0, 0.1) is 0 Å². The number of rotatable bonds is 1. The van der Waals surface area contributed by atoms with Crippen molar-refractivity contribution >= 4 is 0 Å². The molecule has 0 aliphatic heterocycles. The molecule has 0 amide bonds. The van der Waals surface area contributed by atoms with Gasteiger partial charge in [-0.2, -0.15) is 0 Å². The second-order valence-corrected chi connectivity index (χ2v) is 2.46. The van der Waals surface area contributed by atoms with Crippen LogP contribution < -0.4 is 5.73 Å². The minimum Gasteiger partial charge on any atom is -0.497 e. The predicted molar refractivity (Wildman–Crippen MR) is 41.2 cm³/mol. The predicted octanol–water partition coefficient (Wildman–Crippen LogP) is 1.54. The Labute approximate surface area is 61.4 Å². The van der Waals surface area contributed by atoms with Gasteiger partial charge in [0.1, 0.15) is 5.76 Å². The Hall–Kier alpha value is -0.920. The molecule has 0 aromatic heterocycles. The highest BCUT2D eigenvalue weighted by Gasteiger charge is 2.08. The van der Waals surface area contributed by atoms with E-state index in [0.29, 0.717) is 0 Å². The van der Waals surface area contributed by atoms with Gasteiger partial charge in [-0.15, -0.1) is 0 Å². The quantitative estimate of drug-likeness (QED) is 0.598. The fourth-order valence-corrected chi connectivity index (χ4v) is 1.09. The van der Waals surface area contributed by atoms with Crippen LogP contribution in [-0.2, 0) is 4.74 Å². The summed E-state index contributed by atoms with van der Waals surface area (Å²) in [5.74, 6) is 0.934. The summed E-state index contributed by atoms with van der Waals surface area (Å²) < 4.78 is 5.10. The Morgan fingerprint density at radius 3 is 2.80 bits per heavy atom. The smallest absolute Gasteiger partial charge is 0.119 e. The maximum Gasteiger partial charge on any atom is 0.119 e. The number of allylic oxidation sites excluding steroid dienone is 3. The van der Waals surface area contributed by atoms with Gasteiger partial charge in [0.05, 0.1) is 7.11 Å². The molecule has 2 heteroatoms. The summed E-state index contributed by atoms with van der Waals surface area (Å²) in [6.07, 6.45) is 4.05. The van der Waals surface area contributed by atoms with Gasteiger partial charge >= 0.3 is 0 Å². The Bertz CT molecular complexity index is 191. The average molecular weight is 139 g/mol. The summed E-state index contributed by atoms with van der Waals surface area (Å²) in [4.78, 5) is 0. The van der Waals surface area contributed by atoms with Crippen LogP contribution in [-0.4, -0.2) is 7.11 Å². The van der Waals surface area contributed by atoms with E-state index in [-0.39, 0.29) is 0 Å². The molecule has 1 rings (SSSR count). The van der Waals surface area contributed by atoms with E-state index in [2.05, 4.69) is 6.08 Å². The lowest BCUT2D eigenvalue weighted by atomic mass is 10.0. The lowest BCUT2D eigenvalue weighted by Gasteiger charge is -2.14. The number of nitrogens with two attached hydrogens (primary N) is 1. The minimum atomic E-state index is 0.934. The van der Waals surface area contributed by atoms with E-state index < -0.39 is 0 Å². The normalized spacial score (nSPS) is 18.8. The number of ether oxygens (including phenoxy) is 1. The van der Waals surface area contributed by atoms with Crippen molar-refractivity contribution in [3.8, 4) is 0 Å². The van der Waals surface area contributed by atoms with Crippen molar-refractivity contribution in [2.45, 2.75) is 19.8 Å². The minimum absolute atomic E-state index is 0.934. The summed E-state index contributed by atoms with van der Waals surface area (Å²) in [6, 6.07) is 0. The first-order valence-corrected chi connectivity index (χ1v) is 3.45. The maximum absolute atomic E-state index is 5.70. The zero-order valence-electron chi connectivity index (χ0n) is 6.48. The largest absolute Gasteiger partial charge is 0.497 e. The summed E-state index contributed by atoms with van der Waals surface area (Å²) in [6.45, 7) is 1.99. The third-order valence-corrected chi connectivity index (χ3v) is 1.81. The molecular formula is C8H13NO. The molecule has 0 heterocycles. The van der Waals surface area contributed by atoms with Crippen LogP contribution in [0.3, 0.4) is 0 Å². The van der Waals surface area contributed by atoms with Crippen LogP contribution in [0.15, 0.2) is 23.1 Å². The Morgan fingerprint density at radius 2 is 2.30 bits per heavy atom. The van der Waals surface area contributed by atoms with Gasteiger partial charge in [0, 0.05) is 11.3 Å². The van der Waals surface area contributed by atoms with E-state index in [0.717, 1.165) is 29.9 Å². The van der Waals surface area contributed by atoms with E-state index in [1.165, 1.54) is 0 Å². The van der Waals surface area contributed by atoms with Crippen molar-refractivity contribution < 1.29 is 4.74 Å². The Morgan fingerprint density at radius 1 is 1.60 bits per heavy atom. The molecule has 56 valence electrons. The molecule has 0 saturated heterocycles. The van der Waals surface area contributed by atoms with Gasteiger partial charge < -0.3 is 10.5 Å². The topological polar surface area (TPSA) is 35.2 Å². The fraction of sp³-hybridized carbons (Fsp3) is 0.500. The van der Waals surface area contributed by atoms with Crippen LogP contribution in [0.25, 0.3) is 0 Å². The Balaban J connectivity index is 2.83. The summed E-state index contributed by atoms with van der Waals surface area (Å²) >= 11 is 0. The molecule has 0 bridgehead atoms. The lowest BCUT2D eigenvalue weighted by Crippen LogP contribution is -2.07. The van der Waals surface area contributed by atoms with Crippen LogP contribution in [0.5, 0.6) is 0 Å². The highest BCUT2D eigenvalue weighted by atomic mass is 16.5. The lowest BCUT2D eigenvalue weighted by molar-refractivity contribution is 0.296. The van der Waals surface area contributed by atoms with Crippen molar-refractivity contribution in [1.29, 1.82) is 0 Å². The molecule has 0 atom stereocenters. The van der Waals surface area contributed by atoms with Gasteiger partial charge in [0.15, 0.2) is 0 Å². The highest BCUT2D eigenvalue weighted by molar-refractivity contribution is 5.31. The second-order valence-electron chi connectivity index (χ2n) is 2.46. The highest BCUT2D eigenvalue weighted by Crippen LogP contribution is 2.21. The molecular weight excluding hydrogens is 126 g/mol. The SMILES string of the molecule is COC1=CCCC(N)=C1C. The molecule has 0 spiro atoms. The first-order chi connectivity index (χ1) is 4.75. The van der Waals surface area contributed by atoms with E-state index in [4.69, 9.17) is 10.5 Å². The van der Waals surface area contributed by atoms with E-state index in [1.807, 2.05) is 6.92 Å². The monoisotopic (exact) mass is 139 g/mol. The van der Waals surface area contributed by atoms with Crippen LogP contribution in [0.4, 0.5) is 0 Å². The third-order valence-electron chi connectivity index (χ3n) is 1.81. The first-order valence-electron chi connectivity index (χ1n) is 3.45. The Kier molecular flexibility index (Phi) is 2.00. The summed E-state index contributed by atoms with van der Waals surface area (Å²) in [5.41, 5.74) is 7.75. The third kappa shape index (κ3) is 1.15. The maximum atomic E-state index is 5.70. The van der Waals surface area contributed by atoms with E-state index in [1.54, 1.807) is 7.11 Å². The van der Waals surface area contributed by atoms with Crippen molar-refractivity contribution in [1.82, 2.24) is 0 Å². The summed E-state index contributed by atoms with van der Waals surface area (Å²) in [7, 11) is 1.67. The molecule has 1 aliphatic carbocycles. The van der Waals surface area contributed by atoms with Crippen LogP contribution in [0.1, 0.15) is 19.8 Å². The van der Waals surface area contributed by atoms with Crippen LogP contribution >= 0.6 is 0 Å². The summed E-state index contributed by atoms with van der Waals surface area (Å²) in [5, 5.41) is 0. The van der Waals surface area contributed by atoms with Gasteiger partial charge in [-0.05, 0) is 25.8 Å². The number of methoxy groups -OCH3 is 1. The number of hydrogen-bond donors (Lipinski definition) is 1. The number of hydrogen-bond acceptors (Lipinski definition) is 2. The molecule has 0 unspecified atom stereocenters. The molecule has 0 saturated carbocycles. The molecule has 0 fully saturated rings. The molecule has 0 aromatic carbocycles. The average Bonchev–Trinajstić information content (AvgIpc) is 1.95. The van der Waals surface area contributed by atoms with Gasteiger partial charge in [0.25, 0.3) is 0 Å². The first kappa shape index (κ1) is 7.19. The van der Waals surface area contributed by atoms with Crippen molar-refractivity contribution in [3.05, 3.63) is 23.1 Å². The molecule has 10 heavy (non-hydrogen) atoms. The molecule has 2 N–H and O–H groups in total. The van der Waals surface area contributed by atoms with Crippen LogP contribution in [0.2, 0.25) is 0 Å². The fourth-order valence-electron chi connectivity index (χ4n) is 1.09. The second kappa shape index (κ2) is 2.78. The van der Waals surface area contributed by atoms with E-state index >= 15 is 0 Å². The van der Waals surface area contributed by atoms with Gasteiger partial charge in [0.2, 0.25) is 0 Å². The van der Waals surface area contributed by atoms with Crippen molar-refractivity contribution in [2.75, 3.05) is 7.11 Å². The zero-order valence-corrected chi connectivity index (χ0v) is 6.48. The molecule has 0 aromatic rings. The van der Waals surface area contributed by atoms with Crippen molar-refractivity contribution in [2.24, 2.45) is 5.73 Å². The molecule has 2 nitrogen and oxygen atoms in total. The standard InChI is InChI=1S/C8H13NO/c1-6-7(9)4-3-5-8(6)10-2/h5H,3-4,9H2,1-2H3. The zero-order chi connectivity index (χ0) is 7.56. The van der Waals surface area contributed by atoms with Gasteiger partial charge in [-0.3, -0.25) is 0 Å². The molecule has 1 aliphatic rings. The molecule has 0 radical (unpaired) electrons. The van der Waals surface area contributed by atoms with Gasteiger partial charge in [-0.1, -0.05) is 0 Å².